The highest BCUT2D eigenvalue weighted by Crippen LogP contribution is 2.89. The first kappa shape index (κ1) is 29.4. The summed E-state index contributed by atoms with van der Waals surface area (Å²) in [7, 11) is 0. The molecule has 0 aliphatic heterocycles. The summed E-state index contributed by atoms with van der Waals surface area (Å²) in [6.07, 6.45) is 0. The maximum Gasteiger partial charge on any atom is 0.167 e. The molecule has 1 aromatic rings. The molecule has 0 saturated heterocycles. The summed E-state index contributed by atoms with van der Waals surface area (Å²) in [5, 5.41) is -0.425. The van der Waals surface area contributed by atoms with Crippen LogP contribution in [0.4, 0.5) is 0 Å². The molecule has 5 aliphatic carbocycles. The monoisotopic (exact) mass is 804 g/mol. The summed E-state index contributed by atoms with van der Waals surface area (Å²) >= 11 is 110. The molecule has 196 valence electrons. The molecular weight excluding hydrogens is 807 g/mol. The van der Waals surface area contributed by atoms with Gasteiger partial charge in [-0.3, -0.25) is 0 Å². The van der Waals surface area contributed by atoms with Gasteiger partial charge in [-0.1, -0.05) is 139 Å². The Hall–Kier alpha value is 3.34. The van der Waals surface area contributed by atoms with Crippen LogP contribution in [0.3, 0.4) is 0 Å². The SMILES string of the molecule is ClC1=C(Cl)[C@@]2(Cl)[C@@H]3c4c(Cl)c(Cl)c(Cl)c(Cl)c4[C@H]4[C@H]([C@H]3[C@@]1(Cl)C2(Cl)Cl)[C@]1(Cl)C(Cl)=C(Cl)[C@]4(Cl)C1(Cl)Cl. The summed E-state index contributed by atoms with van der Waals surface area (Å²) < 4.78 is -4.01. The summed E-state index contributed by atoms with van der Waals surface area (Å²) in [6.45, 7) is 0. The quantitative estimate of drug-likeness (QED) is 0.139. The Morgan fingerprint density at radius 2 is 0.611 bits per heavy atom. The number of hydrogen-bond acceptors (Lipinski definition) is 0. The number of benzene rings is 1. The third-order valence-electron chi connectivity index (χ3n) is 8.34. The smallest absolute Gasteiger partial charge is 0.109 e. The van der Waals surface area contributed by atoms with Crippen LogP contribution in [0.5, 0.6) is 0 Å². The molecule has 36 heavy (non-hydrogen) atoms. The molecule has 0 unspecified atom stereocenters. The Morgan fingerprint density at radius 1 is 0.361 bits per heavy atom. The first-order valence-electron chi connectivity index (χ1n) is 9.76. The van der Waals surface area contributed by atoms with Crippen LogP contribution in [-0.4, -0.2) is 28.2 Å². The van der Waals surface area contributed by atoms with Crippen molar-refractivity contribution in [3.63, 3.8) is 0 Å². The molecule has 0 nitrogen and oxygen atoms in total. The minimum Gasteiger partial charge on any atom is -0.109 e. The summed E-state index contributed by atoms with van der Waals surface area (Å²) in [5.74, 6) is -3.84. The Labute approximate surface area is 285 Å². The minimum absolute atomic E-state index is 0.000290. The van der Waals surface area contributed by atoms with Crippen LogP contribution in [0.1, 0.15) is 23.0 Å². The lowest BCUT2D eigenvalue weighted by molar-refractivity contribution is 0.201. The molecule has 0 N–H and O–H groups in total. The summed E-state index contributed by atoms with van der Waals surface area (Å²) in [5.41, 5.74) is 0.593. The van der Waals surface area contributed by atoms with Crippen LogP contribution in [0.2, 0.25) is 20.1 Å². The standard InChI is InChI=1S/C20H4Cl16/c21-7-1-2(8(22)10(24)9(7)23)4-6(18(32)14(28)12(26)16(4,30)20(18,35)36)5-3(1)15(29)11(25)13(27)17(5,31)19(15,33)34/h3-6H/t3-,4+,5+,6-,15-,16-,17-,18-/m0/s1. The fraction of sp³-hybridized carbons (Fsp3) is 0.500. The molecule has 2 fully saturated rings. The normalized spacial score (nSPS) is 47.0. The number of alkyl halides is 8. The van der Waals surface area contributed by atoms with E-state index in [4.69, 9.17) is 186 Å². The molecule has 8 atom stereocenters. The van der Waals surface area contributed by atoms with Crippen molar-refractivity contribution in [2.24, 2.45) is 11.8 Å². The number of hydrogen-bond donors (Lipinski definition) is 0. The lowest BCUT2D eigenvalue weighted by atomic mass is 9.57. The second kappa shape index (κ2) is 8.08. The Balaban J connectivity index is 1.86. The molecule has 5 aliphatic rings. The van der Waals surface area contributed by atoms with Crippen molar-refractivity contribution in [1.29, 1.82) is 0 Å². The average Bonchev–Trinajstić information content (AvgIpc) is 3.15. The van der Waals surface area contributed by atoms with E-state index < -0.39 is 51.8 Å². The van der Waals surface area contributed by atoms with Gasteiger partial charge in [0.1, 0.15) is 19.5 Å². The number of allylic oxidation sites excluding steroid dienone is 4. The highest BCUT2D eigenvalue weighted by molar-refractivity contribution is 6.68. The third-order valence-corrected chi connectivity index (χ3v) is 18.7. The van der Waals surface area contributed by atoms with E-state index in [0.29, 0.717) is 11.1 Å². The lowest BCUT2D eigenvalue weighted by Crippen LogP contribution is -2.53. The second-order valence-electron chi connectivity index (χ2n) is 9.34. The van der Waals surface area contributed by atoms with Crippen molar-refractivity contribution >= 4 is 186 Å². The molecule has 0 amide bonds. The van der Waals surface area contributed by atoms with Crippen LogP contribution >= 0.6 is 186 Å². The van der Waals surface area contributed by atoms with E-state index >= 15 is 0 Å². The first-order valence-corrected chi connectivity index (χ1v) is 15.8. The van der Waals surface area contributed by atoms with Crippen molar-refractivity contribution in [1.82, 2.24) is 0 Å². The third kappa shape index (κ3) is 2.54. The van der Waals surface area contributed by atoms with E-state index in [1.165, 1.54) is 0 Å². The molecular formula is C20H4Cl16. The van der Waals surface area contributed by atoms with Crippen molar-refractivity contribution in [3.05, 3.63) is 51.3 Å². The van der Waals surface area contributed by atoms with Crippen LogP contribution < -0.4 is 0 Å². The largest absolute Gasteiger partial charge is 0.167 e. The van der Waals surface area contributed by atoms with E-state index in [1.807, 2.05) is 0 Å². The summed E-state index contributed by atoms with van der Waals surface area (Å²) in [6, 6.07) is 0. The summed E-state index contributed by atoms with van der Waals surface area (Å²) in [4.78, 5) is -7.28. The van der Waals surface area contributed by atoms with Gasteiger partial charge in [0.25, 0.3) is 0 Å². The van der Waals surface area contributed by atoms with Gasteiger partial charge in [-0.2, -0.15) is 0 Å². The lowest BCUT2D eigenvalue weighted by Gasteiger charge is -2.53. The van der Waals surface area contributed by atoms with Gasteiger partial charge in [0.15, 0.2) is 8.67 Å². The average molecular weight is 811 g/mol. The predicted molar refractivity (Wildman–Crippen MR) is 160 cm³/mol. The minimum atomic E-state index is -2.00. The van der Waals surface area contributed by atoms with E-state index in [-0.39, 0.29) is 40.2 Å². The molecule has 2 saturated carbocycles. The fourth-order valence-electron chi connectivity index (χ4n) is 6.99. The number of rotatable bonds is 0. The van der Waals surface area contributed by atoms with Gasteiger partial charge in [0.2, 0.25) is 0 Å². The molecule has 6 rings (SSSR count). The second-order valence-corrected chi connectivity index (χ2v) is 17.4. The van der Waals surface area contributed by atoms with Crippen LogP contribution in [-0.2, 0) is 0 Å². The Kier molecular flexibility index (Phi) is 6.60. The van der Waals surface area contributed by atoms with E-state index in [9.17, 15) is 0 Å². The highest BCUT2D eigenvalue weighted by atomic mass is 35.5. The zero-order valence-corrected chi connectivity index (χ0v) is 28.5. The maximum absolute atomic E-state index is 7.28. The number of fused-ring (bicyclic) bond motifs is 14. The fourth-order valence-corrected chi connectivity index (χ4v) is 14.2. The van der Waals surface area contributed by atoms with Gasteiger partial charge >= 0.3 is 0 Å². The van der Waals surface area contributed by atoms with E-state index in [0.717, 1.165) is 0 Å². The van der Waals surface area contributed by atoms with Gasteiger partial charge in [-0.15, -0.1) is 46.4 Å². The van der Waals surface area contributed by atoms with Crippen LogP contribution in [0.15, 0.2) is 20.1 Å². The predicted octanol–water partition coefficient (Wildman–Crippen LogP) is 12.4. The van der Waals surface area contributed by atoms with Gasteiger partial charge < -0.3 is 0 Å². The molecule has 0 spiro atoms. The van der Waals surface area contributed by atoms with Crippen LogP contribution in [0, 0.1) is 11.8 Å². The topological polar surface area (TPSA) is 0 Å². The van der Waals surface area contributed by atoms with Crippen molar-refractivity contribution in [2.45, 2.75) is 40.0 Å². The zero-order chi connectivity index (χ0) is 27.1. The molecule has 1 aromatic carbocycles. The molecule has 0 radical (unpaired) electrons. The van der Waals surface area contributed by atoms with Gasteiger partial charge in [0, 0.05) is 23.7 Å². The van der Waals surface area contributed by atoms with Crippen molar-refractivity contribution < 1.29 is 0 Å². The maximum atomic E-state index is 7.28. The molecule has 4 bridgehead atoms. The first-order chi connectivity index (χ1) is 16.3. The molecule has 16 heteroatoms. The number of halogens is 16. The highest BCUT2D eigenvalue weighted by Gasteiger charge is 2.92. The molecule has 0 aromatic heterocycles. The Morgan fingerprint density at radius 3 is 0.889 bits per heavy atom. The molecule has 0 heterocycles. The van der Waals surface area contributed by atoms with E-state index in [2.05, 4.69) is 0 Å². The van der Waals surface area contributed by atoms with E-state index in [1.54, 1.807) is 0 Å². The van der Waals surface area contributed by atoms with Crippen molar-refractivity contribution in [3.8, 4) is 0 Å². The Bertz CT molecular complexity index is 1280. The van der Waals surface area contributed by atoms with Crippen LogP contribution in [0.25, 0.3) is 0 Å². The zero-order valence-electron chi connectivity index (χ0n) is 16.4. The van der Waals surface area contributed by atoms with Gasteiger partial charge in [-0.05, 0) is 11.1 Å². The van der Waals surface area contributed by atoms with Crippen molar-refractivity contribution in [2.75, 3.05) is 0 Å². The van der Waals surface area contributed by atoms with Gasteiger partial charge in [0.05, 0.1) is 40.2 Å². The van der Waals surface area contributed by atoms with Gasteiger partial charge in [-0.25, -0.2) is 0 Å².